The van der Waals surface area contributed by atoms with Crippen LogP contribution in [0.1, 0.15) is 39.5 Å². The van der Waals surface area contributed by atoms with E-state index in [0.29, 0.717) is 18.1 Å². The number of aromatic nitrogens is 2. The second kappa shape index (κ2) is 10.9. The first kappa shape index (κ1) is 25.6. The fraction of sp³-hybridized carbons (Fsp3) is 0.440. The number of nitrogens with one attached hydrogen (secondary N) is 2. The predicted molar refractivity (Wildman–Crippen MR) is 125 cm³/mol. The van der Waals surface area contributed by atoms with Crippen LogP contribution >= 0.6 is 0 Å². The Morgan fingerprint density at radius 1 is 1.15 bits per heavy atom. The molecule has 0 amide bonds. The highest BCUT2D eigenvalue weighted by molar-refractivity contribution is 5.81. The average Bonchev–Trinajstić information content (AvgIpc) is 3.26. The molecule has 0 spiro atoms. The number of benzene rings is 2. The zero-order valence-electron chi connectivity index (χ0n) is 19.3. The number of fused-ring (bicyclic) bond motifs is 1. The lowest BCUT2D eigenvalue weighted by Gasteiger charge is -2.34. The smallest absolute Gasteiger partial charge is 0.490 e. The third-order valence-corrected chi connectivity index (χ3v) is 5.99. The van der Waals surface area contributed by atoms with Gasteiger partial charge in [0.25, 0.3) is 0 Å². The summed E-state index contributed by atoms with van der Waals surface area (Å²) in [4.78, 5) is 16.3. The first-order valence-corrected chi connectivity index (χ1v) is 11.2. The monoisotopic (exact) mass is 477 g/mol. The van der Waals surface area contributed by atoms with E-state index in [1.165, 1.54) is 36.8 Å². The largest absolute Gasteiger partial charge is 0.492 e. The molecule has 1 aromatic heterocycles. The number of rotatable bonds is 6. The van der Waals surface area contributed by atoms with Crippen LogP contribution in [0.2, 0.25) is 0 Å². The molecule has 1 heterocycles. The summed E-state index contributed by atoms with van der Waals surface area (Å²) in [5, 5.41) is 10.8. The molecule has 9 heteroatoms. The quantitative estimate of drug-likeness (QED) is 0.391. The maximum absolute atomic E-state index is 10.6. The van der Waals surface area contributed by atoms with Gasteiger partial charge in [0.2, 0.25) is 0 Å². The van der Waals surface area contributed by atoms with Gasteiger partial charge in [-0.15, -0.1) is 0 Å². The standard InChI is InChI=1S/C23H29N3O.C2HF3O2/c1-23(2)11-9-19(10-12-23)24-13-14-27-20-6-3-17(4-7-20)18-5-8-21-22(15-18)26-16-25-21;3-2(4,5)1(6)7/h3-8,15-16,19,24H,9-14H2,1-2H3,(H,25,26);(H,6,7). The van der Waals surface area contributed by atoms with E-state index in [0.717, 1.165) is 23.3 Å². The van der Waals surface area contributed by atoms with Gasteiger partial charge >= 0.3 is 12.1 Å². The van der Waals surface area contributed by atoms with Crippen LogP contribution in [0.3, 0.4) is 0 Å². The van der Waals surface area contributed by atoms with Crippen molar-refractivity contribution >= 4 is 17.0 Å². The molecule has 34 heavy (non-hydrogen) atoms. The highest BCUT2D eigenvalue weighted by Crippen LogP contribution is 2.35. The van der Waals surface area contributed by atoms with Crippen molar-refractivity contribution in [2.24, 2.45) is 5.41 Å². The topological polar surface area (TPSA) is 87.2 Å². The second-order valence-corrected chi connectivity index (χ2v) is 9.20. The van der Waals surface area contributed by atoms with Gasteiger partial charge in [0, 0.05) is 12.6 Å². The summed E-state index contributed by atoms with van der Waals surface area (Å²) < 4.78 is 37.6. The number of alkyl halides is 3. The number of carboxylic acid groups (broad SMARTS) is 1. The number of carbonyl (C=O) groups is 1. The summed E-state index contributed by atoms with van der Waals surface area (Å²) in [6.07, 6.45) is 1.84. The molecule has 0 atom stereocenters. The van der Waals surface area contributed by atoms with E-state index in [1.54, 1.807) is 6.33 Å². The lowest BCUT2D eigenvalue weighted by atomic mass is 9.75. The highest BCUT2D eigenvalue weighted by atomic mass is 19.4. The normalized spacial score (nSPS) is 16.0. The zero-order chi connectivity index (χ0) is 24.8. The van der Waals surface area contributed by atoms with E-state index in [-0.39, 0.29) is 0 Å². The molecule has 4 rings (SSSR count). The highest BCUT2D eigenvalue weighted by Gasteiger charge is 2.38. The molecule has 0 radical (unpaired) electrons. The molecule has 3 aromatic rings. The lowest BCUT2D eigenvalue weighted by molar-refractivity contribution is -0.192. The molecule has 1 aliphatic rings. The van der Waals surface area contributed by atoms with Gasteiger partial charge in [-0.05, 0) is 66.5 Å². The molecule has 1 fully saturated rings. The number of nitrogens with zero attached hydrogens (tertiary/aromatic N) is 1. The van der Waals surface area contributed by atoms with Gasteiger partial charge in [0.15, 0.2) is 0 Å². The summed E-state index contributed by atoms with van der Waals surface area (Å²) in [7, 11) is 0. The molecule has 1 saturated carbocycles. The van der Waals surface area contributed by atoms with Crippen LogP contribution in [0.5, 0.6) is 5.75 Å². The number of ether oxygens (including phenoxy) is 1. The molecule has 0 aliphatic heterocycles. The zero-order valence-corrected chi connectivity index (χ0v) is 19.3. The fourth-order valence-corrected chi connectivity index (χ4v) is 3.89. The molecule has 0 unspecified atom stereocenters. The molecule has 1 aliphatic carbocycles. The molecule has 184 valence electrons. The maximum atomic E-state index is 10.6. The van der Waals surface area contributed by atoms with Gasteiger partial charge in [-0.1, -0.05) is 32.0 Å². The van der Waals surface area contributed by atoms with Gasteiger partial charge in [-0.25, -0.2) is 9.78 Å². The van der Waals surface area contributed by atoms with Crippen LogP contribution in [0.15, 0.2) is 48.8 Å². The van der Waals surface area contributed by atoms with Crippen LogP contribution in [0.4, 0.5) is 13.2 Å². The van der Waals surface area contributed by atoms with Crippen molar-refractivity contribution in [3.63, 3.8) is 0 Å². The van der Waals surface area contributed by atoms with E-state index < -0.39 is 12.1 Å². The number of H-pyrrole nitrogens is 1. The van der Waals surface area contributed by atoms with Crippen LogP contribution in [-0.2, 0) is 4.79 Å². The van der Waals surface area contributed by atoms with Gasteiger partial charge in [-0.3, -0.25) is 0 Å². The average molecular weight is 478 g/mol. The van der Waals surface area contributed by atoms with Crippen LogP contribution in [0, 0.1) is 5.41 Å². The molecule has 2 aromatic carbocycles. The Bertz CT molecular complexity index is 1070. The minimum absolute atomic E-state index is 0.526. The predicted octanol–water partition coefficient (Wildman–Crippen LogP) is 5.80. The van der Waals surface area contributed by atoms with Gasteiger partial charge < -0.3 is 20.1 Å². The fourth-order valence-electron chi connectivity index (χ4n) is 3.89. The number of imidazole rings is 1. The number of carboxylic acids is 1. The number of aliphatic carboxylic acids is 1. The first-order valence-electron chi connectivity index (χ1n) is 11.2. The van der Waals surface area contributed by atoms with Crippen molar-refractivity contribution < 1.29 is 27.8 Å². The Hall–Kier alpha value is -3.07. The summed E-state index contributed by atoms with van der Waals surface area (Å²) in [6.45, 7) is 6.37. The number of aromatic amines is 1. The Morgan fingerprint density at radius 2 is 1.76 bits per heavy atom. The molecule has 0 bridgehead atoms. The van der Waals surface area contributed by atoms with E-state index in [4.69, 9.17) is 14.6 Å². The Labute approximate surface area is 196 Å². The first-order chi connectivity index (χ1) is 16.0. The SMILES string of the molecule is CC1(C)CCC(NCCOc2ccc(-c3ccc4nc[nH]c4c3)cc2)CC1.O=C(O)C(F)(F)F. The molecule has 0 saturated heterocycles. The molecular weight excluding hydrogens is 447 g/mol. The minimum Gasteiger partial charge on any atom is -0.492 e. The number of hydrogen-bond donors (Lipinski definition) is 3. The number of hydrogen-bond acceptors (Lipinski definition) is 4. The van der Waals surface area contributed by atoms with Crippen molar-refractivity contribution in [1.29, 1.82) is 0 Å². The van der Waals surface area contributed by atoms with E-state index in [9.17, 15) is 13.2 Å². The van der Waals surface area contributed by atoms with E-state index >= 15 is 0 Å². The summed E-state index contributed by atoms with van der Waals surface area (Å²) >= 11 is 0. The summed E-state index contributed by atoms with van der Waals surface area (Å²) in [5.74, 6) is -1.83. The Morgan fingerprint density at radius 3 is 2.38 bits per heavy atom. The summed E-state index contributed by atoms with van der Waals surface area (Å²) in [5.41, 5.74) is 4.94. The molecular formula is C25H30F3N3O3. The minimum atomic E-state index is -5.08. The van der Waals surface area contributed by atoms with Crippen molar-refractivity contribution in [3.05, 3.63) is 48.8 Å². The lowest BCUT2D eigenvalue weighted by Crippen LogP contribution is -2.37. The van der Waals surface area contributed by atoms with Crippen LogP contribution in [0.25, 0.3) is 22.2 Å². The maximum Gasteiger partial charge on any atom is 0.490 e. The summed E-state index contributed by atoms with van der Waals surface area (Å²) in [6, 6.07) is 15.3. The molecule has 6 nitrogen and oxygen atoms in total. The third kappa shape index (κ3) is 7.48. The van der Waals surface area contributed by atoms with Gasteiger partial charge in [0.1, 0.15) is 12.4 Å². The van der Waals surface area contributed by atoms with Crippen LogP contribution in [-0.4, -0.2) is 46.4 Å². The molecule has 3 N–H and O–H groups in total. The Balaban J connectivity index is 0.000000406. The van der Waals surface area contributed by atoms with E-state index in [2.05, 4.69) is 65.5 Å². The second-order valence-electron chi connectivity index (χ2n) is 9.20. The number of halogens is 3. The third-order valence-electron chi connectivity index (χ3n) is 5.99. The van der Waals surface area contributed by atoms with Crippen molar-refractivity contribution in [1.82, 2.24) is 15.3 Å². The van der Waals surface area contributed by atoms with Crippen molar-refractivity contribution in [3.8, 4) is 16.9 Å². The van der Waals surface area contributed by atoms with Gasteiger partial charge in [0.05, 0.1) is 17.4 Å². The van der Waals surface area contributed by atoms with E-state index in [1.807, 2.05) is 6.07 Å². The van der Waals surface area contributed by atoms with Gasteiger partial charge in [-0.2, -0.15) is 13.2 Å². The van der Waals surface area contributed by atoms with Crippen molar-refractivity contribution in [2.45, 2.75) is 51.7 Å². The Kier molecular flexibility index (Phi) is 8.19. The van der Waals surface area contributed by atoms with Crippen LogP contribution < -0.4 is 10.1 Å². The van der Waals surface area contributed by atoms with Crippen molar-refractivity contribution in [2.75, 3.05) is 13.2 Å².